The lowest BCUT2D eigenvalue weighted by Crippen LogP contribution is -2.30. The summed E-state index contributed by atoms with van der Waals surface area (Å²) >= 11 is 0. The Hall–Kier alpha value is -1.51. The summed E-state index contributed by atoms with van der Waals surface area (Å²) in [5.74, 6) is 1.65. The first-order valence-corrected chi connectivity index (χ1v) is 7.55. The van der Waals surface area contributed by atoms with Gasteiger partial charge in [0.1, 0.15) is 0 Å². The van der Waals surface area contributed by atoms with Gasteiger partial charge in [0.25, 0.3) is 5.91 Å². The van der Waals surface area contributed by atoms with Crippen LogP contribution < -0.4 is 5.32 Å². The van der Waals surface area contributed by atoms with Crippen LogP contribution in [0.5, 0.6) is 0 Å². The van der Waals surface area contributed by atoms with Crippen LogP contribution in [-0.2, 0) is 0 Å². The van der Waals surface area contributed by atoms with Crippen LogP contribution in [-0.4, -0.2) is 30.9 Å². The fourth-order valence-electron chi connectivity index (χ4n) is 2.91. The molecule has 1 aromatic rings. The summed E-state index contributed by atoms with van der Waals surface area (Å²) in [5, 5.41) is 3.60. The highest BCUT2D eigenvalue weighted by atomic mass is 16.2. The zero-order valence-corrected chi connectivity index (χ0v) is 13.0. The minimum atomic E-state index is 0.0549. The number of amides is 1. The maximum atomic E-state index is 12.0. The minimum absolute atomic E-state index is 0.0549. The van der Waals surface area contributed by atoms with Gasteiger partial charge in [-0.05, 0) is 49.3 Å². The zero-order valence-electron chi connectivity index (χ0n) is 13.0. The SMILES string of the molecule is CC1CCC(Nc2cccc(C(=O)N(C)C)c2)CC1C. The van der Waals surface area contributed by atoms with E-state index in [-0.39, 0.29) is 5.91 Å². The third kappa shape index (κ3) is 3.53. The third-order valence-corrected chi connectivity index (χ3v) is 4.48. The molecule has 0 spiro atoms. The highest BCUT2D eigenvalue weighted by Gasteiger charge is 2.24. The predicted molar refractivity (Wildman–Crippen MR) is 84.0 cm³/mol. The van der Waals surface area contributed by atoms with Crippen molar-refractivity contribution in [3.63, 3.8) is 0 Å². The van der Waals surface area contributed by atoms with Gasteiger partial charge in [0, 0.05) is 31.4 Å². The fourth-order valence-corrected chi connectivity index (χ4v) is 2.91. The normalized spacial score (nSPS) is 26.1. The molecular weight excluding hydrogens is 248 g/mol. The average molecular weight is 274 g/mol. The molecule has 1 N–H and O–H groups in total. The van der Waals surface area contributed by atoms with Gasteiger partial charge in [-0.3, -0.25) is 4.79 Å². The van der Waals surface area contributed by atoms with Gasteiger partial charge in [-0.25, -0.2) is 0 Å². The predicted octanol–water partition coefficient (Wildman–Crippen LogP) is 3.63. The Morgan fingerprint density at radius 3 is 2.60 bits per heavy atom. The number of carbonyl (C=O) groups excluding carboxylic acids is 1. The molecule has 0 aromatic heterocycles. The molecule has 3 unspecified atom stereocenters. The number of anilines is 1. The van der Waals surface area contributed by atoms with E-state index in [1.165, 1.54) is 19.3 Å². The second kappa shape index (κ2) is 6.29. The Bertz CT molecular complexity index is 470. The smallest absolute Gasteiger partial charge is 0.253 e. The van der Waals surface area contributed by atoms with Gasteiger partial charge in [-0.15, -0.1) is 0 Å². The lowest BCUT2D eigenvalue weighted by atomic mass is 9.79. The van der Waals surface area contributed by atoms with Crippen LogP contribution in [0.4, 0.5) is 5.69 Å². The summed E-state index contributed by atoms with van der Waals surface area (Å²) in [6, 6.07) is 8.37. The van der Waals surface area contributed by atoms with Crippen molar-refractivity contribution in [3.05, 3.63) is 29.8 Å². The maximum Gasteiger partial charge on any atom is 0.253 e. The van der Waals surface area contributed by atoms with Gasteiger partial charge >= 0.3 is 0 Å². The molecule has 0 bridgehead atoms. The first-order chi connectivity index (χ1) is 9.47. The molecule has 3 atom stereocenters. The number of nitrogens with zero attached hydrogens (tertiary/aromatic N) is 1. The Labute approximate surface area is 122 Å². The van der Waals surface area contributed by atoms with Gasteiger partial charge in [0.2, 0.25) is 0 Å². The fraction of sp³-hybridized carbons (Fsp3) is 0.588. The van der Waals surface area contributed by atoms with Crippen molar-refractivity contribution < 1.29 is 4.79 Å². The van der Waals surface area contributed by atoms with Crippen LogP contribution in [0, 0.1) is 11.8 Å². The first-order valence-electron chi connectivity index (χ1n) is 7.55. The van der Waals surface area contributed by atoms with E-state index in [1.807, 2.05) is 18.2 Å². The van der Waals surface area contributed by atoms with Crippen LogP contribution in [0.3, 0.4) is 0 Å². The van der Waals surface area contributed by atoms with E-state index in [4.69, 9.17) is 0 Å². The van der Waals surface area contributed by atoms with E-state index in [9.17, 15) is 4.79 Å². The minimum Gasteiger partial charge on any atom is -0.382 e. The number of hydrogen-bond acceptors (Lipinski definition) is 2. The highest BCUT2D eigenvalue weighted by Crippen LogP contribution is 2.31. The molecule has 1 amide bonds. The van der Waals surface area contributed by atoms with Crippen molar-refractivity contribution in [3.8, 4) is 0 Å². The van der Waals surface area contributed by atoms with E-state index < -0.39 is 0 Å². The standard InChI is InChI=1S/C17H26N2O/c1-12-8-9-16(10-13(12)2)18-15-7-5-6-14(11-15)17(20)19(3)4/h5-7,11-13,16,18H,8-10H2,1-4H3. The van der Waals surface area contributed by atoms with Crippen molar-refractivity contribution in [1.29, 1.82) is 0 Å². The molecule has 0 saturated heterocycles. The van der Waals surface area contributed by atoms with Crippen LogP contribution in [0.25, 0.3) is 0 Å². The molecule has 1 aliphatic rings. The molecule has 20 heavy (non-hydrogen) atoms. The Kier molecular flexibility index (Phi) is 4.69. The number of carbonyl (C=O) groups is 1. The molecule has 0 aliphatic heterocycles. The average Bonchev–Trinajstić information content (AvgIpc) is 2.42. The van der Waals surface area contributed by atoms with E-state index in [1.54, 1.807) is 19.0 Å². The van der Waals surface area contributed by atoms with Crippen LogP contribution in [0.1, 0.15) is 43.5 Å². The molecule has 3 heteroatoms. The lowest BCUT2D eigenvalue weighted by Gasteiger charge is -2.33. The van der Waals surface area contributed by atoms with Crippen LogP contribution in [0.15, 0.2) is 24.3 Å². The summed E-state index contributed by atoms with van der Waals surface area (Å²) in [4.78, 5) is 13.6. The van der Waals surface area contributed by atoms with E-state index >= 15 is 0 Å². The molecule has 1 fully saturated rings. The molecular formula is C17H26N2O. The second-order valence-electron chi connectivity index (χ2n) is 6.39. The monoisotopic (exact) mass is 274 g/mol. The molecule has 0 radical (unpaired) electrons. The van der Waals surface area contributed by atoms with Crippen LogP contribution in [0.2, 0.25) is 0 Å². The molecule has 2 rings (SSSR count). The Balaban J connectivity index is 2.03. The molecule has 0 heterocycles. The van der Waals surface area contributed by atoms with Gasteiger partial charge in [-0.2, -0.15) is 0 Å². The lowest BCUT2D eigenvalue weighted by molar-refractivity contribution is 0.0827. The largest absolute Gasteiger partial charge is 0.382 e. The van der Waals surface area contributed by atoms with E-state index in [0.29, 0.717) is 6.04 Å². The van der Waals surface area contributed by atoms with Crippen molar-refractivity contribution in [2.45, 2.75) is 39.2 Å². The van der Waals surface area contributed by atoms with Gasteiger partial charge in [0.05, 0.1) is 0 Å². The number of nitrogens with one attached hydrogen (secondary N) is 1. The molecule has 3 nitrogen and oxygen atoms in total. The highest BCUT2D eigenvalue weighted by molar-refractivity contribution is 5.94. The van der Waals surface area contributed by atoms with E-state index in [2.05, 4.69) is 25.2 Å². The quantitative estimate of drug-likeness (QED) is 0.913. The number of hydrogen-bond donors (Lipinski definition) is 1. The summed E-state index contributed by atoms with van der Waals surface area (Å²) in [6.45, 7) is 4.68. The van der Waals surface area contributed by atoms with E-state index in [0.717, 1.165) is 23.1 Å². The topological polar surface area (TPSA) is 32.3 Å². The molecule has 110 valence electrons. The zero-order chi connectivity index (χ0) is 14.7. The van der Waals surface area contributed by atoms with Gasteiger partial charge < -0.3 is 10.2 Å². The molecule has 1 saturated carbocycles. The van der Waals surface area contributed by atoms with Crippen molar-refractivity contribution >= 4 is 11.6 Å². The summed E-state index contributed by atoms with van der Waals surface area (Å²) < 4.78 is 0. The van der Waals surface area contributed by atoms with Crippen molar-refractivity contribution in [1.82, 2.24) is 4.90 Å². The molecule has 1 aliphatic carbocycles. The van der Waals surface area contributed by atoms with Gasteiger partial charge in [0.15, 0.2) is 0 Å². The summed E-state index contributed by atoms with van der Waals surface area (Å²) in [6.07, 6.45) is 3.72. The van der Waals surface area contributed by atoms with Gasteiger partial charge in [-0.1, -0.05) is 19.9 Å². The maximum absolute atomic E-state index is 12.0. The second-order valence-corrected chi connectivity index (χ2v) is 6.39. The first kappa shape index (κ1) is 14.9. The number of benzene rings is 1. The van der Waals surface area contributed by atoms with Crippen molar-refractivity contribution in [2.75, 3.05) is 19.4 Å². The van der Waals surface area contributed by atoms with Crippen LogP contribution >= 0.6 is 0 Å². The Morgan fingerprint density at radius 2 is 1.95 bits per heavy atom. The van der Waals surface area contributed by atoms with Crippen molar-refractivity contribution in [2.24, 2.45) is 11.8 Å². The Morgan fingerprint density at radius 1 is 1.20 bits per heavy atom. The summed E-state index contributed by atoms with van der Waals surface area (Å²) in [7, 11) is 3.57. The summed E-state index contributed by atoms with van der Waals surface area (Å²) in [5.41, 5.74) is 1.81. The third-order valence-electron chi connectivity index (χ3n) is 4.48. The number of rotatable bonds is 3. The molecule has 1 aromatic carbocycles.